The van der Waals surface area contributed by atoms with E-state index in [0.29, 0.717) is 5.82 Å². The lowest BCUT2D eigenvalue weighted by Crippen LogP contribution is -2.58. The molecule has 0 saturated heterocycles. The van der Waals surface area contributed by atoms with Crippen molar-refractivity contribution in [3.63, 3.8) is 0 Å². The number of rotatable bonds is 8. The minimum absolute atomic E-state index is 0.0769. The SMILES string of the molecule is [C-]#[N+]c1c(C(=O)OC2(C)C(C)(C)CCCC2(C)C)c2nc(C(C)C#C)[nH]n2c1OC(=O)N(CC=C)CC=C. The molecule has 1 saturated carbocycles. The van der Waals surface area contributed by atoms with E-state index >= 15 is 0 Å². The van der Waals surface area contributed by atoms with Crippen LogP contribution in [0.15, 0.2) is 25.3 Å². The normalized spacial score (nSPS) is 18.0. The van der Waals surface area contributed by atoms with Gasteiger partial charge < -0.3 is 14.4 Å². The molecule has 0 spiro atoms. The Balaban J connectivity index is 2.18. The zero-order valence-electron chi connectivity index (χ0n) is 23.2. The van der Waals surface area contributed by atoms with Crippen LogP contribution in [0.25, 0.3) is 10.5 Å². The number of H-pyrrole nitrogens is 1. The van der Waals surface area contributed by atoms with Gasteiger partial charge in [-0.2, -0.15) is 0 Å². The summed E-state index contributed by atoms with van der Waals surface area (Å²) in [6.45, 7) is 27.7. The molecule has 0 radical (unpaired) electrons. The molecule has 0 aliphatic heterocycles. The summed E-state index contributed by atoms with van der Waals surface area (Å²) in [5, 5.41) is 2.99. The smallest absolute Gasteiger partial charge is 0.416 e. The van der Waals surface area contributed by atoms with E-state index in [1.807, 2.05) is 6.92 Å². The van der Waals surface area contributed by atoms with Crippen LogP contribution in [0.2, 0.25) is 0 Å². The molecule has 1 N–H and O–H groups in total. The van der Waals surface area contributed by atoms with E-state index < -0.39 is 23.6 Å². The standard InChI is InChI=1S/C29H37N5O4/c1-11-17-33(18-12-2)26(36)37-24-21(30-10)20(23-31-22(19(4)13-3)32-34(23)24)25(35)38-29(9)27(5,6)15-14-16-28(29,7)8/h3,11-12,19H,1-2,14-18H2,4-9H3,(H,31,32). The molecule has 1 unspecified atom stereocenters. The number of carbonyl (C=O) groups is 2. The Bertz CT molecular complexity index is 1320. The molecule has 1 fully saturated rings. The maximum Gasteiger partial charge on any atom is 0.416 e. The minimum Gasteiger partial charge on any atom is -0.455 e. The van der Waals surface area contributed by atoms with Gasteiger partial charge in [0.05, 0.1) is 12.5 Å². The maximum atomic E-state index is 13.9. The molecule has 38 heavy (non-hydrogen) atoms. The highest BCUT2D eigenvalue weighted by Crippen LogP contribution is 2.56. The molecule has 202 valence electrons. The van der Waals surface area contributed by atoms with E-state index in [0.717, 1.165) is 19.3 Å². The Labute approximate surface area is 224 Å². The predicted molar refractivity (Wildman–Crippen MR) is 146 cm³/mol. The molecule has 9 nitrogen and oxygen atoms in total. The van der Waals surface area contributed by atoms with Crippen LogP contribution in [0.5, 0.6) is 5.88 Å². The van der Waals surface area contributed by atoms with E-state index in [1.54, 1.807) is 19.1 Å². The van der Waals surface area contributed by atoms with Crippen LogP contribution in [0, 0.1) is 29.7 Å². The van der Waals surface area contributed by atoms with E-state index in [4.69, 9.17) is 22.5 Å². The summed E-state index contributed by atoms with van der Waals surface area (Å²) in [5.41, 5.74) is -1.62. The Kier molecular flexibility index (Phi) is 7.83. The van der Waals surface area contributed by atoms with Gasteiger partial charge in [0.2, 0.25) is 5.88 Å². The van der Waals surface area contributed by atoms with Gasteiger partial charge in [0.25, 0.3) is 5.69 Å². The Morgan fingerprint density at radius 1 is 1.24 bits per heavy atom. The average Bonchev–Trinajstić information content (AvgIpc) is 3.39. The highest BCUT2D eigenvalue weighted by Gasteiger charge is 2.57. The molecule has 1 aliphatic carbocycles. The van der Waals surface area contributed by atoms with E-state index in [9.17, 15) is 9.59 Å². The largest absolute Gasteiger partial charge is 0.455 e. The van der Waals surface area contributed by atoms with Crippen molar-refractivity contribution >= 4 is 23.4 Å². The molecule has 0 bridgehead atoms. The first-order valence-electron chi connectivity index (χ1n) is 12.7. The van der Waals surface area contributed by atoms with Crippen LogP contribution in [0.4, 0.5) is 10.5 Å². The van der Waals surface area contributed by atoms with Crippen molar-refractivity contribution in [3.05, 3.63) is 48.1 Å². The number of esters is 1. The van der Waals surface area contributed by atoms with Gasteiger partial charge in [-0.15, -0.1) is 19.6 Å². The Morgan fingerprint density at radius 3 is 2.32 bits per heavy atom. The van der Waals surface area contributed by atoms with Gasteiger partial charge in [-0.25, -0.2) is 23.9 Å². The number of amides is 1. The van der Waals surface area contributed by atoms with E-state index in [-0.39, 0.29) is 46.7 Å². The maximum absolute atomic E-state index is 13.9. The summed E-state index contributed by atoms with van der Waals surface area (Å²) < 4.78 is 13.3. The molecule has 2 heterocycles. The fourth-order valence-corrected chi connectivity index (χ4v) is 5.21. The second-order valence-electron chi connectivity index (χ2n) is 11.2. The van der Waals surface area contributed by atoms with Crippen molar-refractivity contribution < 1.29 is 19.1 Å². The third-order valence-corrected chi connectivity index (χ3v) is 8.13. The third-order valence-electron chi connectivity index (χ3n) is 8.13. The van der Waals surface area contributed by atoms with Crippen molar-refractivity contribution in [2.75, 3.05) is 13.1 Å². The first kappa shape index (κ1) is 28.6. The second kappa shape index (κ2) is 10.4. The number of aromatic amines is 1. The third kappa shape index (κ3) is 4.69. The quantitative estimate of drug-likeness (QED) is 0.192. The monoisotopic (exact) mass is 519 g/mol. The molecule has 9 heteroatoms. The second-order valence-corrected chi connectivity index (χ2v) is 11.2. The van der Waals surface area contributed by atoms with Gasteiger partial charge in [0.1, 0.15) is 17.0 Å². The summed E-state index contributed by atoms with van der Waals surface area (Å²) in [5.74, 6) is 1.67. The molecule has 1 amide bonds. The van der Waals surface area contributed by atoms with Gasteiger partial charge in [-0.05, 0) is 26.7 Å². The molecular formula is C29H37N5O4. The zero-order valence-corrected chi connectivity index (χ0v) is 23.2. The fourth-order valence-electron chi connectivity index (χ4n) is 5.21. The number of carbonyl (C=O) groups excluding carboxylic acids is 2. The number of hydrogen-bond donors (Lipinski definition) is 1. The molecule has 2 aromatic rings. The van der Waals surface area contributed by atoms with Gasteiger partial charge in [-0.3, -0.25) is 5.10 Å². The number of terminal acetylenes is 1. The van der Waals surface area contributed by atoms with Gasteiger partial charge >= 0.3 is 12.1 Å². The number of aromatic nitrogens is 3. The summed E-state index contributed by atoms with van der Waals surface area (Å²) in [6, 6.07) is 0. The number of nitrogens with zero attached hydrogens (tertiary/aromatic N) is 4. The summed E-state index contributed by atoms with van der Waals surface area (Å²) in [4.78, 5) is 36.4. The number of nitrogens with one attached hydrogen (secondary N) is 1. The van der Waals surface area contributed by atoms with E-state index in [1.165, 1.54) is 9.42 Å². The van der Waals surface area contributed by atoms with Crippen molar-refractivity contribution in [1.29, 1.82) is 0 Å². The lowest BCUT2D eigenvalue weighted by atomic mass is 9.54. The number of hydrogen-bond acceptors (Lipinski definition) is 5. The summed E-state index contributed by atoms with van der Waals surface area (Å²) >= 11 is 0. The first-order valence-corrected chi connectivity index (χ1v) is 12.7. The number of fused-ring (bicyclic) bond motifs is 1. The molecule has 1 aliphatic rings. The topological polar surface area (TPSA) is 93.3 Å². The van der Waals surface area contributed by atoms with Crippen LogP contribution in [-0.2, 0) is 4.74 Å². The van der Waals surface area contributed by atoms with Crippen LogP contribution in [0.3, 0.4) is 0 Å². The molecule has 0 aromatic carbocycles. The van der Waals surface area contributed by atoms with Crippen LogP contribution < -0.4 is 4.74 Å². The molecule has 1 atom stereocenters. The van der Waals surface area contributed by atoms with Gasteiger partial charge in [0.15, 0.2) is 5.65 Å². The van der Waals surface area contributed by atoms with Crippen LogP contribution in [-0.4, -0.2) is 50.3 Å². The van der Waals surface area contributed by atoms with Crippen molar-refractivity contribution in [2.24, 2.45) is 10.8 Å². The van der Waals surface area contributed by atoms with Gasteiger partial charge in [0, 0.05) is 23.9 Å². The van der Waals surface area contributed by atoms with Crippen LogP contribution in [0.1, 0.15) is 82.9 Å². The molecule has 3 rings (SSSR count). The summed E-state index contributed by atoms with van der Waals surface area (Å²) in [6.07, 6.45) is 10.8. The molecular weight excluding hydrogens is 482 g/mol. The number of ether oxygens (including phenoxy) is 2. The minimum atomic E-state index is -0.838. The van der Waals surface area contributed by atoms with E-state index in [2.05, 4.69) is 61.7 Å². The summed E-state index contributed by atoms with van der Waals surface area (Å²) in [7, 11) is 0. The predicted octanol–water partition coefficient (Wildman–Crippen LogP) is 6.27. The van der Waals surface area contributed by atoms with Gasteiger partial charge in [-0.1, -0.05) is 52.2 Å². The van der Waals surface area contributed by atoms with Crippen molar-refractivity contribution in [2.45, 2.75) is 72.3 Å². The highest BCUT2D eigenvalue weighted by atomic mass is 16.6. The van der Waals surface area contributed by atoms with Crippen molar-refractivity contribution in [3.8, 4) is 18.2 Å². The Hall–Kier alpha value is -3.98. The van der Waals surface area contributed by atoms with Crippen molar-refractivity contribution in [1.82, 2.24) is 19.5 Å². The lowest BCUT2D eigenvalue weighted by molar-refractivity contribution is -0.167. The fraction of sp³-hybridized carbons (Fsp3) is 0.517. The zero-order chi connectivity index (χ0) is 28.5. The highest BCUT2D eigenvalue weighted by molar-refractivity contribution is 6.05. The lowest BCUT2D eigenvalue weighted by Gasteiger charge is -2.56. The van der Waals surface area contributed by atoms with Crippen LogP contribution >= 0.6 is 0 Å². The molecule has 2 aromatic heterocycles. The average molecular weight is 520 g/mol. The first-order chi connectivity index (χ1) is 17.8. The Morgan fingerprint density at radius 2 is 1.82 bits per heavy atom.